The Morgan fingerprint density at radius 2 is 1.70 bits per heavy atom. The third-order valence-corrected chi connectivity index (χ3v) is 3.78. The van der Waals surface area contributed by atoms with Gasteiger partial charge in [-0.2, -0.15) is 0 Å². The van der Waals surface area contributed by atoms with E-state index in [9.17, 15) is 0 Å². The number of nitrogens with one attached hydrogen (secondary N) is 1. The van der Waals surface area contributed by atoms with Crippen LogP contribution < -0.4 is 5.32 Å². The SMILES string of the molecule is CCOC(C)(C)CNC(C)CC(C)(C)c1ccccc1. The molecule has 1 rings (SSSR count). The summed E-state index contributed by atoms with van der Waals surface area (Å²) in [5.74, 6) is 0. The minimum atomic E-state index is -0.0973. The molecule has 1 aromatic rings. The molecule has 0 aliphatic rings. The van der Waals surface area contributed by atoms with Gasteiger partial charge in [-0.15, -0.1) is 0 Å². The lowest BCUT2D eigenvalue weighted by Gasteiger charge is -2.32. The summed E-state index contributed by atoms with van der Waals surface area (Å²) in [4.78, 5) is 0. The Kier molecular flexibility index (Phi) is 6.22. The molecule has 0 amide bonds. The molecule has 20 heavy (non-hydrogen) atoms. The highest BCUT2D eigenvalue weighted by molar-refractivity contribution is 5.23. The standard InChI is InChI=1S/C18H31NO/c1-7-20-18(5,6)14-19-15(2)13-17(3,4)16-11-9-8-10-12-16/h8-12,15,19H,7,13-14H2,1-6H3. The van der Waals surface area contributed by atoms with Gasteiger partial charge in [-0.1, -0.05) is 44.2 Å². The Morgan fingerprint density at radius 3 is 2.25 bits per heavy atom. The summed E-state index contributed by atoms with van der Waals surface area (Å²) in [6.45, 7) is 14.8. The van der Waals surface area contributed by atoms with Crippen molar-refractivity contribution in [1.29, 1.82) is 0 Å². The van der Waals surface area contributed by atoms with Crippen LogP contribution in [0.2, 0.25) is 0 Å². The molecule has 0 aromatic heterocycles. The first-order chi connectivity index (χ1) is 9.27. The molecular weight excluding hydrogens is 246 g/mol. The molecular formula is C18H31NO. The van der Waals surface area contributed by atoms with Crippen LogP contribution in [0.3, 0.4) is 0 Å². The smallest absolute Gasteiger partial charge is 0.0750 e. The number of ether oxygens (including phenoxy) is 1. The molecule has 2 heteroatoms. The Balaban J connectivity index is 2.51. The molecule has 0 heterocycles. The zero-order chi connectivity index (χ0) is 15.2. The Hall–Kier alpha value is -0.860. The molecule has 0 spiro atoms. The zero-order valence-corrected chi connectivity index (χ0v) is 14.0. The van der Waals surface area contributed by atoms with Gasteiger partial charge in [0.2, 0.25) is 0 Å². The fraction of sp³-hybridized carbons (Fsp3) is 0.667. The lowest BCUT2D eigenvalue weighted by atomic mass is 9.79. The summed E-state index contributed by atoms with van der Waals surface area (Å²) >= 11 is 0. The summed E-state index contributed by atoms with van der Waals surface area (Å²) in [6, 6.07) is 11.2. The Labute approximate surface area is 124 Å². The van der Waals surface area contributed by atoms with Crippen LogP contribution in [-0.2, 0) is 10.2 Å². The number of benzene rings is 1. The van der Waals surface area contributed by atoms with E-state index in [1.54, 1.807) is 0 Å². The monoisotopic (exact) mass is 277 g/mol. The molecule has 0 bridgehead atoms. The third-order valence-electron chi connectivity index (χ3n) is 3.78. The molecule has 1 atom stereocenters. The molecule has 1 N–H and O–H groups in total. The van der Waals surface area contributed by atoms with Crippen molar-refractivity contribution in [2.75, 3.05) is 13.2 Å². The van der Waals surface area contributed by atoms with Gasteiger partial charge in [0.05, 0.1) is 5.60 Å². The third kappa shape index (κ3) is 5.64. The second kappa shape index (κ2) is 7.24. The number of hydrogen-bond donors (Lipinski definition) is 1. The summed E-state index contributed by atoms with van der Waals surface area (Å²) in [6.07, 6.45) is 1.11. The van der Waals surface area contributed by atoms with Crippen molar-refractivity contribution in [1.82, 2.24) is 5.32 Å². The number of rotatable bonds is 8. The molecule has 0 aliphatic carbocycles. The van der Waals surface area contributed by atoms with Gasteiger partial charge in [0, 0.05) is 19.2 Å². The van der Waals surface area contributed by atoms with E-state index in [0.29, 0.717) is 6.04 Å². The van der Waals surface area contributed by atoms with Crippen LogP contribution in [0.25, 0.3) is 0 Å². The van der Waals surface area contributed by atoms with Gasteiger partial charge >= 0.3 is 0 Å². The largest absolute Gasteiger partial charge is 0.375 e. The molecule has 0 saturated carbocycles. The highest BCUT2D eigenvalue weighted by Crippen LogP contribution is 2.28. The molecule has 114 valence electrons. The lowest BCUT2D eigenvalue weighted by Crippen LogP contribution is -2.43. The van der Waals surface area contributed by atoms with Gasteiger partial charge in [0.25, 0.3) is 0 Å². The van der Waals surface area contributed by atoms with Gasteiger partial charge in [-0.3, -0.25) is 0 Å². The highest BCUT2D eigenvalue weighted by Gasteiger charge is 2.24. The quantitative estimate of drug-likeness (QED) is 0.771. The summed E-state index contributed by atoms with van der Waals surface area (Å²) in [5.41, 5.74) is 1.49. The first-order valence-corrected chi connectivity index (χ1v) is 7.70. The molecule has 0 fully saturated rings. The van der Waals surface area contributed by atoms with E-state index in [0.717, 1.165) is 19.6 Å². The van der Waals surface area contributed by atoms with Crippen LogP contribution in [0.5, 0.6) is 0 Å². The molecule has 1 aromatic carbocycles. The van der Waals surface area contributed by atoms with Crippen molar-refractivity contribution in [2.45, 2.75) is 65.0 Å². The minimum Gasteiger partial charge on any atom is -0.375 e. The van der Waals surface area contributed by atoms with E-state index in [1.165, 1.54) is 5.56 Å². The van der Waals surface area contributed by atoms with Crippen LogP contribution in [0.1, 0.15) is 53.5 Å². The van der Waals surface area contributed by atoms with Crippen LogP contribution >= 0.6 is 0 Å². The van der Waals surface area contributed by atoms with Crippen molar-refractivity contribution in [3.8, 4) is 0 Å². The van der Waals surface area contributed by atoms with Crippen LogP contribution in [0.4, 0.5) is 0 Å². The van der Waals surface area contributed by atoms with Gasteiger partial charge < -0.3 is 10.1 Å². The van der Waals surface area contributed by atoms with E-state index in [-0.39, 0.29) is 11.0 Å². The fourth-order valence-electron chi connectivity index (χ4n) is 2.71. The maximum Gasteiger partial charge on any atom is 0.0750 e. The predicted molar refractivity (Wildman–Crippen MR) is 87.3 cm³/mol. The van der Waals surface area contributed by atoms with E-state index in [2.05, 4.69) is 70.3 Å². The zero-order valence-electron chi connectivity index (χ0n) is 14.0. The average molecular weight is 277 g/mol. The second-order valence-corrected chi connectivity index (χ2v) is 6.93. The van der Waals surface area contributed by atoms with E-state index < -0.39 is 0 Å². The molecule has 1 unspecified atom stereocenters. The van der Waals surface area contributed by atoms with Crippen molar-refractivity contribution in [3.05, 3.63) is 35.9 Å². The summed E-state index contributed by atoms with van der Waals surface area (Å²) in [5, 5.41) is 3.61. The molecule has 2 nitrogen and oxygen atoms in total. The molecule has 0 saturated heterocycles. The van der Waals surface area contributed by atoms with Crippen molar-refractivity contribution in [3.63, 3.8) is 0 Å². The summed E-state index contributed by atoms with van der Waals surface area (Å²) < 4.78 is 5.73. The van der Waals surface area contributed by atoms with Crippen molar-refractivity contribution >= 4 is 0 Å². The topological polar surface area (TPSA) is 21.3 Å². The van der Waals surface area contributed by atoms with Crippen LogP contribution in [-0.4, -0.2) is 24.8 Å². The maximum absolute atomic E-state index is 5.73. The Bertz CT molecular complexity index is 384. The fourth-order valence-corrected chi connectivity index (χ4v) is 2.71. The van der Waals surface area contributed by atoms with Crippen molar-refractivity contribution < 1.29 is 4.74 Å². The average Bonchev–Trinajstić information content (AvgIpc) is 2.37. The van der Waals surface area contributed by atoms with E-state index in [4.69, 9.17) is 4.74 Å². The van der Waals surface area contributed by atoms with Gasteiger partial charge in [0.1, 0.15) is 0 Å². The second-order valence-electron chi connectivity index (χ2n) is 6.93. The first-order valence-electron chi connectivity index (χ1n) is 7.70. The van der Waals surface area contributed by atoms with Crippen LogP contribution in [0.15, 0.2) is 30.3 Å². The van der Waals surface area contributed by atoms with Gasteiger partial charge in [-0.05, 0) is 45.1 Å². The first kappa shape index (κ1) is 17.2. The summed E-state index contributed by atoms with van der Waals surface area (Å²) in [7, 11) is 0. The number of hydrogen-bond acceptors (Lipinski definition) is 2. The Morgan fingerprint density at radius 1 is 1.10 bits per heavy atom. The maximum atomic E-state index is 5.73. The van der Waals surface area contributed by atoms with Gasteiger partial charge in [-0.25, -0.2) is 0 Å². The van der Waals surface area contributed by atoms with E-state index >= 15 is 0 Å². The van der Waals surface area contributed by atoms with Crippen molar-refractivity contribution in [2.24, 2.45) is 0 Å². The van der Waals surface area contributed by atoms with E-state index in [1.807, 2.05) is 6.92 Å². The molecule has 0 radical (unpaired) electrons. The van der Waals surface area contributed by atoms with Gasteiger partial charge in [0.15, 0.2) is 0 Å². The predicted octanol–water partition coefficient (Wildman–Crippen LogP) is 4.15. The molecule has 0 aliphatic heterocycles. The van der Waals surface area contributed by atoms with Crippen LogP contribution in [0, 0.1) is 0 Å². The normalized spacial score (nSPS) is 14.3. The lowest BCUT2D eigenvalue weighted by molar-refractivity contribution is -0.0107. The highest BCUT2D eigenvalue weighted by atomic mass is 16.5. The minimum absolute atomic E-state index is 0.0973.